The standard InChI is InChI=1S/C39H32N2/c1-39(2)33-16-5-9-20-37(33)41(38-21-10-6-17-34(38)39)30-13-11-12-28(26-30)27-22-24-29(25-23-27)40-35-18-7-3-14-31(35)32-15-4-8-19-36(32)40/h3-26,33,37H,1-2H3. The monoisotopic (exact) mass is 528 g/mol. The first-order valence-corrected chi connectivity index (χ1v) is 14.5. The van der Waals surface area contributed by atoms with Gasteiger partial charge in [0, 0.05) is 39.2 Å². The van der Waals surface area contributed by atoms with Crippen LogP contribution in [-0.4, -0.2) is 10.6 Å². The van der Waals surface area contributed by atoms with Crippen LogP contribution in [0.4, 0.5) is 11.4 Å². The lowest BCUT2D eigenvalue weighted by atomic mass is 9.65. The number of allylic oxidation sites excluding steroid dienone is 2. The van der Waals surface area contributed by atoms with Gasteiger partial charge in [-0.25, -0.2) is 0 Å². The van der Waals surface area contributed by atoms with Crippen LogP contribution in [0.3, 0.4) is 0 Å². The molecular weight excluding hydrogens is 496 g/mol. The van der Waals surface area contributed by atoms with E-state index in [4.69, 9.17) is 0 Å². The maximum Gasteiger partial charge on any atom is 0.0596 e. The van der Waals surface area contributed by atoms with Crippen LogP contribution in [0, 0.1) is 5.92 Å². The molecule has 0 radical (unpaired) electrons. The molecule has 5 aromatic carbocycles. The average Bonchev–Trinajstić information content (AvgIpc) is 3.36. The zero-order valence-electron chi connectivity index (χ0n) is 23.4. The highest BCUT2D eigenvalue weighted by atomic mass is 15.2. The van der Waals surface area contributed by atoms with Crippen LogP contribution < -0.4 is 4.90 Å². The van der Waals surface area contributed by atoms with Gasteiger partial charge in [0.15, 0.2) is 0 Å². The zero-order chi connectivity index (χ0) is 27.6. The van der Waals surface area contributed by atoms with E-state index < -0.39 is 0 Å². The largest absolute Gasteiger partial charge is 0.334 e. The average molecular weight is 529 g/mol. The minimum absolute atomic E-state index is 0.0548. The minimum Gasteiger partial charge on any atom is -0.334 e. The Bertz CT molecular complexity index is 1930. The normalized spacial score (nSPS) is 18.9. The van der Waals surface area contributed by atoms with Crippen molar-refractivity contribution in [2.75, 3.05) is 4.90 Å². The molecular formula is C39H32N2. The number of rotatable bonds is 3. The molecule has 2 unspecified atom stereocenters. The topological polar surface area (TPSA) is 8.17 Å². The Balaban J connectivity index is 1.21. The predicted octanol–water partition coefficient (Wildman–Crippen LogP) is 9.99. The summed E-state index contributed by atoms with van der Waals surface area (Å²) in [6, 6.07) is 44.6. The first-order chi connectivity index (χ1) is 20.1. The van der Waals surface area contributed by atoms with Gasteiger partial charge in [-0.15, -0.1) is 0 Å². The van der Waals surface area contributed by atoms with E-state index in [0.717, 1.165) is 0 Å². The summed E-state index contributed by atoms with van der Waals surface area (Å²) >= 11 is 0. The molecule has 0 fully saturated rings. The number of hydrogen-bond donors (Lipinski definition) is 0. The SMILES string of the molecule is CC1(C)c2ccccc2N(c2cccc(-c3ccc(-n4c5ccccc5c5ccccc54)cc3)c2)C2C=CC=CC21. The number of nitrogens with zero attached hydrogens (tertiary/aromatic N) is 2. The molecule has 0 spiro atoms. The second-order valence-corrected chi connectivity index (χ2v) is 11.9. The van der Waals surface area contributed by atoms with Crippen molar-refractivity contribution in [3.8, 4) is 16.8 Å². The van der Waals surface area contributed by atoms with Crippen LogP contribution in [0.5, 0.6) is 0 Å². The van der Waals surface area contributed by atoms with Gasteiger partial charge < -0.3 is 9.47 Å². The molecule has 1 aliphatic carbocycles. The van der Waals surface area contributed by atoms with Crippen molar-refractivity contribution in [3.05, 3.63) is 151 Å². The van der Waals surface area contributed by atoms with Gasteiger partial charge in [-0.3, -0.25) is 0 Å². The Morgan fingerprint density at radius 3 is 1.98 bits per heavy atom. The summed E-state index contributed by atoms with van der Waals surface area (Å²) in [5.41, 5.74) is 10.1. The first kappa shape index (κ1) is 24.0. The summed E-state index contributed by atoms with van der Waals surface area (Å²) < 4.78 is 2.38. The molecule has 8 rings (SSSR count). The summed E-state index contributed by atoms with van der Waals surface area (Å²) in [4.78, 5) is 2.54. The number of fused-ring (bicyclic) bond motifs is 5. The molecule has 0 saturated heterocycles. The Morgan fingerprint density at radius 2 is 1.22 bits per heavy atom. The summed E-state index contributed by atoms with van der Waals surface area (Å²) in [5.74, 6) is 0.400. The van der Waals surface area contributed by atoms with E-state index in [-0.39, 0.29) is 11.5 Å². The third kappa shape index (κ3) is 3.64. The van der Waals surface area contributed by atoms with Gasteiger partial charge in [-0.1, -0.05) is 117 Å². The molecule has 6 aromatic rings. The van der Waals surface area contributed by atoms with Crippen LogP contribution in [-0.2, 0) is 5.41 Å². The predicted molar refractivity (Wildman–Crippen MR) is 173 cm³/mol. The molecule has 2 atom stereocenters. The van der Waals surface area contributed by atoms with Gasteiger partial charge in [-0.2, -0.15) is 0 Å². The number of hydrogen-bond acceptors (Lipinski definition) is 1. The van der Waals surface area contributed by atoms with Crippen LogP contribution >= 0.6 is 0 Å². The molecule has 198 valence electrons. The Kier molecular flexibility index (Phi) is 5.33. The van der Waals surface area contributed by atoms with Gasteiger partial charge in [0.05, 0.1) is 17.1 Å². The number of benzene rings is 5. The molecule has 0 saturated carbocycles. The van der Waals surface area contributed by atoms with Crippen molar-refractivity contribution in [1.82, 2.24) is 4.57 Å². The van der Waals surface area contributed by atoms with Crippen LogP contribution in [0.15, 0.2) is 146 Å². The lowest BCUT2D eigenvalue weighted by molar-refractivity contribution is 0.332. The quantitative estimate of drug-likeness (QED) is 0.222. The Labute approximate surface area is 241 Å². The van der Waals surface area contributed by atoms with Crippen molar-refractivity contribution in [3.63, 3.8) is 0 Å². The fourth-order valence-corrected chi connectivity index (χ4v) is 7.23. The first-order valence-electron chi connectivity index (χ1n) is 14.5. The lowest BCUT2D eigenvalue weighted by Crippen LogP contribution is -2.49. The van der Waals surface area contributed by atoms with Gasteiger partial charge in [0.1, 0.15) is 0 Å². The van der Waals surface area contributed by atoms with E-state index in [1.165, 1.54) is 55.6 Å². The fraction of sp³-hybridized carbons (Fsp3) is 0.128. The number of aromatic nitrogens is 1. The van der Waals surface area contributed by atoms with E-state index in [0.29, 0.717) is 5.92 Å². The molecule has 0 N–H and O–H groups in total. The van der Waals surface area contributed by atoms with Crippen molar-refractivity contribution < 1.29 is 0 Å². The molecule has 0 amide bonds. The maximum atomic E-state index is 2.54. The van der Waals surface area contributed by atoms with Crippen LogP contribution in [0.2, 0.25) is 0 Å². The summed E-state index contributed by atoms with van der Waals surface area (Å²) in [6.45, 7) is 4.78. The van der Waals surface area contributed by atoms with Crippen molar-refractivity contribution in [2.24, 2.45) is 5.92 Å². The molecule has 0 bridgehead atoms. The van der Waals surface area contributed by atoms with Gasteiger partial charge in [0.25, 0.3) is 0 Å². The van der Waals surface area contributed by atoms with E-state index >= 15 is 0 Å². The summed E-state index contributed by atoms with van der Waals surface area (Å²) in [6.07, 6.45) is 9.18. The summed E-state index contributed by atoms with van der Waals surface area (Å²) in [7, 11) is 0. The van der Waals surface area contributed by atoms with Gasteiger partial charge in [0.2, 0.25) is 0 Å². The second kappa shape index (κ2) is 9.11. The van der Waals surface area contributed by atoms with Crippen molar-refractivity contribution >= 4 is 33.2 Å². The lowest BCUT2D eigenvalue weighted by Gasteiger charge is -2.50. The Morgan fingerprint density at radius 1 is 0.561 bits per heavy atom. The molecule has 1 aliphatic heterocycles. The van der Waals surface area contributed by atoms with E-state index in [1.54, 1.807) is 0 Å². The number of para-hydroxylation sites is 3. The molecule has 2 nitrogen and oxygen atoms in total. The van der Waals surface area contributed by atoms with Crippen LogP contribution in [0.1, 0.15) is 19.4 Å². The highest BCUT2D eigenvalue weighted by molar-refractivity contribution is 6.09. The van der Waals surface area contributed by atoms with Gasteiger partial charge in [-0.05, 0) is 59.2 Å². The third-order valence-corrected chi connectivity index (χ3v) is 9.26. The van der Waals surface area contributed by atoms with E-state index in [2.05, 4.69) is 169 Å². The maximum absolute atomic E-state index is 2.54. The highest BCUT2D eigenvalue weighted by Crippen LogP contribution is 2.50. The Hall–Kier alpha value is -4.82. The molecule has 1 aromatic heterocycles. The minimum atomic E-state index is 0.0548. The zero-order valence-corrected chi connectivity index (χ0v) is 23.4. The fourth-order valence-electron chi connectivity index (χ4n) is 7.23. The molecule has 2 heteroatoms. The van der Waals surface area contributed by atoms with Crippen molar-refractivity contribution in [2.45, 2.75) is 25.3 Å². The summed E-state index contributed by atoms with van der Waals surface area (Å²) in [5, 5.41) is 2.57. The van der Waals surface area contributed by atoms with E-state index in [9.17, 15) is 0 Å². The highest BCUT2D eigenvalue weighted by Gasteiger charge is 2.44. The third-order valence-electron chi connectivity index (χ3n) is 9.26. The second-order valence-electron chi connectivity index (χ2n) is 11.9. The molecule has 2 heterocycles. The van der Waals surface area contributed by atoms with Crippen LogP contribution in [0.25, 0.3) is 38.6 Å². The van der Waals surface area contributed by atoms with Gasteiger partial charge >= 0.3 is 0 Å². The molecule has 2 aliphatic rings. The van der Waals surface area contributed by atoms with E-state index in [1.807, 2.05) is 0 Å². The smallest absolute Gasteiger partial charge is 0.0596 e. The molecule has 41 heavy (non-hydrogen) atoms. The number of anilines is 2. The van der Waals surface area contributed by atoms with Crippen molar-refractivity contribution in [1.29, 1.82) is 0 Å².